The minimum atomic E-state index is -0.132. The summed E-state index contributed by atoms with van der Waals surface area (Å²) in [5, 5.41) is 8.79. The molecular weight excluding hydrogens is 118 g/mol. The highest BCUT2D eigenvalue weighted by molar-refractivity contribution is 5.76. The average molecular weight is 122 g/mol. The maximum absolute atomic E-state index is 9.88. The van der Waals surface area contributed by atoms with E-state index < -0.39 is 0 Å². The van der Waals surface area contributed by atoms with Crippen molar-refractivity contribution in [1.82, 2.24) is 4.98 Å². The highest BCUT2D eigenvalue weighted by Crippen LogP contribution is 2.08. The summed E-state index contributed by atoms with van der Waals surface area (Å²) in [6.45, 7) is 0. The molecule has 1 rings (SSSR count). The monoisotopic (exact) mass is 122 g/mol. The van der Waals surface area contributed by atoms with Gasteiger partial charge < -0.3 is 5.11 Å². The zero-order valence-electron chi connectivity index (χ0n) is 4.53. The van der Waals surface area contributed by atoms with E-state index in [1.165, 1.54) is 24.6 Å². The van der Waals surface area contributed by atoms with Gasteiger partial charge in [0.1, 0.15) is 5.75 Å². The predicted octanol–water partition coefficient (Wildman–Crippen LogP) is 0.245. The number of hydrogen-bond donors (Lipinski definition) is 1. The van der Waals surface area contributed by atoms with Crippen LogP contribution in [0.25, 0.3) is 0 Å². The molecule has 0 amide bonds. The van der Waals surface area contributed by atoms with Crippen molar-refractivity contribution in [3.63, 3.8) is 0 Å². The van der Waals surface area contributed by atoms with E-state index >= 15 is 0 Å². The summed E-state index contributed by atoms with van der Waals surface area (Å²) >= 11 is 0. The average Bonchev–Trinajstić information content (AvgIpc) is 1.89. The zero-order chi connectivity index (χ0) is 6.69. The van der Waals surface area contributed by atoms with E-state index in [9.17, 15) is 4.79 Å². The summed E-state index contributed by atoms with van der Waals surface area (Å²) in [5.41, 5.74) is -0.0440. The number of aromatic nitrogens is 1. The van der Waals surface area contributed by atoms with Gasteiger partial charge >= 0.3 is 0 Å². The van der Waals surface area contributed by atoms with Crippen molar-refractivity contribution in [2.75, 3.05) is 0 Å². The van der Waals surface area contributed by atoms with Crippen LogP contribution in [0.15, 0.2) is 18.3 Å². The molecule has 9 heavy (non-hydrogen) atoms. The molecule has 0 atom stereocenters. The molecule has 0 aliphatic heterocycles. The normalized spacial score (nSPS) is 8.89. The second-order valence-electron chi connectivity index (χ2n) is 1.47. The van der Waals surface area contributed by atoms with E-state index in [-0.39, 0.29) is 11.4 Å². The third-order valence-corrected chi connectivity index (χ3v) is 0.883. The molecule has 0 aliphatic carbocycles. The first-order chi connectivity index (χ1) is 4.34. The summed E-state index contributed by atoms with van der Waals surface area (Å²) in [4.78, 5) is 13.4. The molecule has 0 unspecified atom stereocenters. The third-order valence-electron chi connectivity index (χ3n) is 0.883. The van der Waals surface area contributed by atoms with Crippen LogP contribution in [-0.4, -0.2) is 16.4 Å². The number of aromatic hydroxyl groups is 1. The standard InChI is InChI=1S/C6H4NO2/c8-4-5-6(9)2-1-3-7-5/h1-3,9H. The Morgan fingerprint density at radius 1 is 1.67 bits per heavy atom. The summed E-state index contributed by atoms with van der Waals surface area (Å²) in [6.07, 6.45) is 2.90. The van der Waals surface area contributed by atoms with Crippen LogP contribution >= 0.6 is 0 Å². The van der Waals surface area contributed by atoms with Gasteiger partial charge in [-0.15, -0.1) is 0 Å². The lowest BCUT2D eigenvalue weighted by atomic mass is 10.3. The molecule has 3 heteroatoms. The van der Waals surface area contributed by atoms with Gasteiger partial charge in [0.25, 0.3) is 6.29 Å². The molecule has 0 fully saturated rings. The van der Waals surface area contributed by atoms with Crippen LogP contribution in [0, 0.1) is 0 Å². The van der Waals surface area contributed by atoms with Crippen molar-refractivity contribution in [3.05, 3.63) is 24.0 Å². The Morgan fingerprint density at radius 2 is 2.44 bits per heavy atom. The molecule has 0 spiro atoms. The Labute approximate surface area is 52.0 Å². The highest BCUT2D eigenvalue weighted by atomic mass is 16.3. The van der Waals surface area contributed by atoms with Gasteiger partial charge in [0.2, 0.25) is 0 Å². The zero-order valence-corrected chi connectivity index (χ0v) is 4.53. The van der Waals surface area contributed by atoms with Crippen molar-refractivity contribution in [2.24, 2.45) is 0 Å². The highest BCUT2D eigenvalue weighted by Gasteiger charge is 1.96. The fourth-order valence-corrected chi connectivity index (χ4v) is 0.475. The largest absolute Gasteiger partial charge is 0.506 e. The van der Waals surface area contributed by atoms with Gasteiger partial charge in [-0.2, -0.15) is 0 Å². The van der Waals surface area contributed by atoms with Crippen molar-refractivity contribution in [3.8, 4) is 5.75 Å². The van der Waals surface area contributed by atoms with Gasteiger partial charge in [0.05, 0.1) is 0 Å². The molecule has 1 radical (unpaired) electrons. The number of carbonyl (C=O) groups excluding carboxylic acids is 1. The fourth-order valence-electron chi connectivity index (χ4n) is 0.475. The molecule has 1 N–H and O–H groups in total. The van der Waals surface area contributed by atoms with Crippen LogP contribution < -0.4 is 0 Å². The van der Waals surface area contributed by atoms with Crippen LogP contribution in [0.3, 0.4) is 0 Å². The fraction of sp³-hybridized carbons (Fsp3) is 0. The van der Waals surface area contributed by atoms with Crippen molar-refractivity contribution in [2.45, 2.75) is 0 Å². The predicted molar refractivity (Wildman–Crippen MR) is 30.7 cm³/mol. The molecule has 1 aromatic heterocycles. The molecule has 0 aliphatic rings. The third kappa shape index (κ3) is 1.05. The first-order valence-electron chi connectivity index (χ1n) is 2.36. The summed E-state index contributed by atoms with van der Waals surface area (Å²) in [5.74, 6) is -0.132. The molecular formula is C6H4NO2. The first-order valence-corrected chi connectivity index (χ1v) is 2.36. The van der Waals surface area contributed by atoms with Gasteiger partial charge in [-0.25, -0.2) is 4.98 Å². The molecule has 0 bridgehead atoms. The first kappa shape index (κ1) is 5.75. The molecule has 0 saturated heterocycles. The Balaban J connectivity index is 3.15. The number of rotatable bonds is 1. The number of nitrogens with zero attached hydrogens (tertiary/aromatic N) is 1. The smallest absolute Gasteiger partial charge is 0.257 e. The van der Waals surface area contributed by atoms with Crippen LogP contribution in [0.2, 0.25) is 0 Å². The van der Waals surface area contributed by atoms with Gasteiger partial charge in [0, 0.05) is 6.20 Å². The SMILES string of the molecule is O=[C]c1ncccc1O. The molecule has 45 valence electrons. The van der Waals surface area contributed by atoms with Crippen molar-refractivity contribution in [1.29, 1.82) is 0 Å². The topological polar surface area (TPSA) is 50.2 Å². The van der Waals surface area contributed by atoms with Crippen LogP contribution in [0.4, 0.5) is 0 Å². The number of pyridine rings is 1. The molecule has 3 nitrogen and oxygen atoms in total. The Hall–Kier alpha value is -1.38. The molecule has 0 aromatic carbocycles. The molecule has 1 heterocycles. The van der Waals surface area contributed by atoms with Crippen LogP contribution in [-0.2, 0) is 4.79 Å². The lowest BCUT2D eigenvalue weighted by molar-refractivity contribution is 0.469. The minimum absolute atomic E-state index is 0.0440. The number of hydrogen-bond acceptors (Lipinski definition) is 3. The van der Waals surface area contributed by atoms with Gasteiger partial charge in [0.15, 0.2) is 5.69 Å². The summed E-state index contributed by atoms with van der Waals surface area (Å²) in [6, 6.07) is 2.92. The van der Waals surface area contributed by atoms with E-state index in [0.29, 0.717) is 0 Å². The quantitative estimate of drug-likeness (QED) is 0.580. The van der Waals surface area contributed by atoms with E-state index in [1.54, 1.807) is 0 Å². The second-order valence-corrected chi connectivity index (χ2v) is 1.47. The van der Waals surface area contributed by atoms with Crippen LogP contribution in [0.1, 0.15) is 5.69 Å². The van der Waals surface area contributed by atoms with E-state index in [0.717, 1.165) is 0 Å². The summed E-state index contributed by atoms with van der Waals surface area (Å²) < 4.78 is 0. The minimum Gasteiger partial charge on any atom is -0.506 e. The van der Waals surface area contributed by atoms with Crippen LogP contribution in [0.5, 0.6) is 5.75 Å². The second kappa shape index (κ2) is 2.26. The summed E-state index contributed by atoms with van der Waals surface area (Å²) in [7, 11) is 0. The lowest BCUT2D eigenvalue weighted by Gasteiger charge is -1.89. The lowest BCUT2D eigenvalue weighted by Crippen LogP contribution is -1.84. The van der Waals surface area contributed by atoms with E-state index in [1.807, 2.05) is 0 Å². The Morgan fingerprint density at radius 3 is 2.89 bits per heavy atom. The maximum Gasteiger partial charge on any atom is 0.257 e. The van der Waals surface area contributed by atoms with Crippen molar-refractivity contribution >= 4 is 6.29 Å². The molecule has 0 saturated carbocycles. The Bertz CT molecular complexity index is 222. The van der Waals surface area contributed by atoms with Gasteiger partial charge in [-0.05, 0) is 12.1 Å². The van der Waals surface area contributed by atoms with Gasteiger partial charge in [-0.3, -0.25) is 4.79 Å². The van der Waals surface area contributed by atoms with Crippen molar-refractivity contribution < 1.29 is 9.90 Å². The van der Waals surface area contributed by atoms with E-state index in [4.69, 9.17) is 5.11 Å². The van der Waals surface area contributed by atoms with Gasteiger partial charge in [-0.1, -0.05) is 0 Å². The Kier molecular flexibility index (Phi) is 1.44. The molecule has 1 aromatic rings. The van der Waals surface area contributed by atoms with E-state index in [2.05, 4.69) is 4.98 Å². The maximum atomic E-state index is 9.88.